The number of benzene rings is 1. The van der Waals surface area contributed by atoms with Crippen LogP contribution in [-0.2, 0) is 19.1 Å². The van der Waals surface area contributed by atoms with E-state index in [1.807, 2.05) is 0 Å². The molecule has 0 saturated carbocycles. The van der Waals surface area contributed by atoms with E-state index < -0.39 is 24.3 Å². The number of carbonyl (C=O) groups excluding carboxylic acids is 3. The van der Waals surface area contributed by atoms with E-state index in [9.17, 15) is 14.4 Å². The Balaban J connectivity index is 2.02. The van der Waals surface area contributed by atoms with Crippen LogP contribution in [-0.4, -0.2) is 37.9 Å². The van der Waals surface area contributed by atoms with Gasteiger partial charge in [-0.05, 0) is 19.1 Å². The molecule has 8 heteroatoms. The first kappa shape index (κ1) is 19.0. The molecular formula is C18H19N3O5. The fraction of sp³-hybridized carbons (Fsp3) is 0.333. The topological polar surface area (TPSA) is 123 Å². The number of nitriles is 1. The third-order valence-corrected chi connectivity index (χ3v) is 3.96. The maximum absolute atomic E-state index is 12.3. The zero-order valence-corrected chi connectivity index (χ0v) is 14.5. The van der Waals surface area contributed by atoms with Crippen molar-refractivity contribution in [2.24, 2.45) is 11.7 Å². The second-order valence-electron chi connectivity index (χ2n) is 5.78. The van der Waals surface area contributed by atoms with Crippen molar-refractivity contribution in [2.45, 2.75) is 13.3 Å². The number of ketones is 1. The van der Waals surface area contributed by atoms with Crippen molar-refractivity contribution in [1.29, 1.82) is 5.26 Å². The van der Waals surface area contributed by atoms with Crippen LogP contribution in [0.4, 0.5) is 5.69 Å². The molecule has 1 fully saturated rings. The van der Waals surface area contributed by atoms with Gasteiger partial charge in [0.2, 0.25) is 11.7 Å². The predicted molar refractivity (Wildman–Crippen MR) is 91.9 cm³/mol. The molecule has 1 aliphatic heterocycles. The number of esters is 1. The van der Waals surface area contributed by atoms with Gasteiger partial charge >= 0.3 is 5.97 Å². The number of nitrogens with two attached hydrogens (primary N) is 1. The third-order valence-electron chi connectivity index (χ3n) is 3.96. The van der Waals surface area contributed by atoms with Gasteiger partial charge in [0.25, 0.3) is 0 Å². The molecule has 1 unspecified atom stereocenters. The predicted octanol–water partition coefficient (Wildman–Crippen LogP) is 0.917. The molecule has 1 aromatic rings. The van der Waals surface area contributed by atoms with Crippen molar-refractivity contribution in [2.75, 3.05) is 25.2 Å². The number of methoxy groups -OCH3 is 1. The van der Waals surface area contributed by atoms with Crippen molar-refractivity contribution in [1.82, 2.24) is 0 Å². The minimum absolute atomic E-state index is 0.0259. The molecule has 1 aliphatic rings. The summed E-state index contributed by atoms with van der Waals surface area (Å²) in [4.78, 5) is 37.8. The summed E-state index contributed by atoms with van der Waals surface area (Å²) < 4.78 is 10.2. The van der Waals surface area contributed by atoms with Crippen molar-refractivity contribution in [3.05, 3.63) is 35.5 Å². The van der Waals surface area contributed by atoms with Crippen LogP contribution in [0.25, 0.3) is 0 Å². The van der Waals surface area contributed by atoms with E-state index in [0.717, 1.165) is 0 Å². The van der Waals surface area contributed by atoms with Gasteiger partial charge in [0.15, 0.2) is 6.61 Å². The lowest BCUT2D eigenvalue weighted by atomic mass is 10.1. The highest BCUT2D eigenvalue weighted by atomic mass is 16.5. The monoisotopic (exact) mass is 357 g/mol. The smallest absolute Gasteiger partial charge is 0.311 e. The summed E-state index contributed by atoms with van der Waals surface area (Å²) in [6.45, 7) is 0.956. The first-order valence-electron chi connectivity index (χ1n) is 7.88. The molecule has 2 rings (SSSR count). The van der Waals surface area contributed by atoms with E-state index >= 15 is 0 Å². The molecule has 26 heavy (non-hydrogen) atoms. The zero-order chi connectivity index (χ0) is 19.3. The van der Waals surface area contributed by atoms with Gasteiger partial charge < -0.3 is 20.1 Å². The number of rotatable bonds is 6. The van der Waals surface area contributed by atoms with Crippen LogP contribution in [0.5, 0.6) is 5.75 Å². The summed E-state index contributed by atoms with van der Waals surface area (Å²) in [5, 5.41) is 8.88. The molecule has 136 valence electrons. The lowest BCUT2D eigenvalue weighted by Gasteiger charge is -2.19. The van der Waals surface area contributed by atoms with Gasteiger partial charge in [-0.15, -0.1) is 0 Å². The molecule has 1 saturated heterocycles. The van der Waals surface area contributed by atoms with E-state index in [0.29, 0.717) is 11.4 Å². The largest absolute Gasteiger partial charge is 0.495 e. The fourth-order valence-electron chi connectivity index (χ4n) is 2.65. The number of hydrogen-bond acceptors (Lipinski definition) is 7. The summed E-state index contributed by atoms with van der Waals surface area (Å²) in [6, 6.07) is 8.67. The second kappa shape index (κ2) is 8.16. The highest BCUT2D eigenvalue weighted by molar-refractivity contribution is 6.02. The molecule has 1 aromatic carbocycles. The third kappa shape index (κ3) is 4.00. The maximum atomic E-state index is 12.3. The number of anilines is 1. The minimum Gasteiger partial charge on any atom is -0.495 e. The van der Waals surface area contributed by atoms with Crippen LogP contribution in [0.2, 0.25) is 0 Å². The number of Topliss-reactive ketones (excluding diaryl/α,β-unsaturated/α-hetero) is 1. The molecule has 1 heterocycles. The van der Waals surface area contributed by atoms with Gasteiger partial charge in [-0.3, -0.25) is 14.4 Å². The highest BCUT2D eigenvalue weighted by Gasteiger charge is 2.37. The summed E-state index contributed by atoms with van der Waals surface area (Å²) in [5.41, 5.74) is 5.83. The Morgan fingerprint density at radius 1 is 1.38 bits per heavy atom. The number of ether oxygens (including phenoxy) is 2. The summed E-state index contributed by atoms with van der Waals surface area (Å²) >= 11 is 0. The van der Waals surface area contributed by atoms with E-state index in [-0.39, 0.29) is 30.1 Å². The molecule has 2 N–H and O–H groups in total. The Bertz CT molecular complexity index is 805. The first-order chi connectivity index (χ1) is 12.4. The van der Waals surface area contributed by atoms with Crippen LogP contribution in [0.1, 0.15) is 13.3 Å². The van der Waals surface area contributed by atoms with Gasteiger partial charge in [-0.2, -0.15) is 5.26 Å². The maximum Gasteiger partial charge on any atom is 0.311 e. The van der Waals surface area contributed by atoms with Gasteiger partial charge in [0.05, 0.1) is 18.7 Å². The number of hydrogen-bond donors (Lipinski definition) is 1. The van der Waals surface area contributed by atoms with E-state index in [1.165, 1.54) is 18.9 Å². The Hall–Kier alpha value is -3.34. The average molecular weight is 357 g/mol. The normalized spacial score (nSPS) is 17.3. The van der Waals surface area contributed by atoms with E-state index in [4.69, 9.17) is 20.5 Å². The quantitative estimate of drug-likeness (QED) is 0.456. The average Bonchev–Trinajstić information content (AvgIpc) is 3.01. The number of para-hydroxylation sites is 2. The summed E-state index contributed by atoms with van der Waals surface area (Å²) in [6.07, 6.45) is -0.0259. The van der Waals surface area contributed by atoms with Crippen molar-refractivity contribution in [3.63, 3.8) is 0 Å². The van der Waals surface area contributed by atoms with Gasteiger partial charge in [0.1, 0.15) is 17.4 Å². The van der Waals surface area contributed by atoms with Crippen LogP contribution < -0.4 is 15.4 Å². The number of allylic oxidation sites excluding steroid dienone is 1. The molecule has 1 atom stereocenters. The minimum atomic E-state index is -0.700. The SMILES string of the molecule is COc1ccccc1N1CC(C(=O)OCC(=O)/C(C#N)=C(/C)N)CC1=O. The van der Waals surface area contributed by atoms with Gasteiger partial charge in [-0.1, -0.05) is 12.1 Å². The second-order valence-corrected chi connectivity index (χ2v) is 5.78. The fourth-order valence-corrected chi connectivity index (χ4v) is 2.65. The molecule has 8 nitrogen and oxygen atoms in total. The summed E-state index contributed by atoms with van der Waals surface area (Å²) in [5.74, 6) is -1.76. The molecule has 0 radical (unpaired) electrons. The van der Waals surface area contributed by atoms with Crippen LogP contribution in [0.15, 0.2) is 35.5 Å². The van der Waals surface area contributed by atoms with E-state index in [1.54, 1.807) is 30.3 Å². The van der Waals surface area contributed by atoms with E-state index in [2.05, 4.69) is 0 Å². The molecule has 0 aromatic heterocycles. The molecule has 0 bridgehead atoms. The number of carbonyl (C=O) groups is 3. The van der Waals surface area contributed by atoms with Crippen LogP contribution in [0.3, 0.4) is 0 Å². The summed E-state index contributed by atoms with van der Waals surface area (Å²) in [7, 11) is 1.50. The van der Waals surface area contributed by atoms with Gasteiger partial charge in [-0.25, -0.2) is 0 Å². The first-order valence-corrected chi connectivity index (χ1v) is 7.88. The zero-order valence-electron chi connectivity index (χ0n) is 14.5. The highest BCUT2D eigenvalue weighted by Crippen LogP contribution is 2.33. The Morgan fingerprint density at radius 3 is 2.69 bits per heavy atom. The molecular weight excluding hydrogens is 338 g/mol. The van der Waals surface area contributed by atoms with Crippen molar-refractivity contribution in [3.8, 4) is 11.8 Å². The number of nitrogens with zero attached hydrogens (tertiary/aromatic N) is 2. The van der Waals surface area contributed by atoms with Gasteiger partial charge in [0, 0.05) is 18.7 Å². The van der Waals surface area contributed by atoms with Crippen LogP contribution >= 0.6 is 0 Å². The Labute approximate surface area is 150 Å². The molecule has 0 spiro atoms. The molecule has 0 aliphatic carbocycles. The lowest BCUT2D eigenvalue weighted by molar-refractivity contribution is -0.151. The Kier molecular flexibility index (Phi) is 5.96. The Morgan fingerprint density at radius 2 is 2.08 bits per heavy atom. The standard InChI is InChI=1S/C18H19N3O5/c1-11(20)13(8-19)15(22)10-26-18(24)12-7-17(23)21(9-12)14-5-3-4-6-16(14)25-2/h3-6,12H,7,9-10,20H2,1-2H3/b13-11-. The molecule has 1 amide bonds. The lowest BCUT2D eigenvalue weighted by Crippen LogP contribution is -2.27. The van der Waals surface area contributed by atoms with Crippen molar-refractivity contribution < 1.29 is 23.9 Å². The van der Waals surface area contributed by atoms with Crippen LogP contribution in [0, 0.1) is 17.2 Å². The number of amides is 1. The van der Waals surface area contributed by atoms with Crippen molar-refractivity contribution >= 4 is 23.3 Å².